The Hall–Kier alpha value is -3.59. The fourth-order valence-corrected chi connectivity index (χ4v) is 4.10. The third-order valence-corrected chi connectivity index (χ3v) is 6.23. The number of rotatable bonds is 11. The van der Waals surface area contributed by atoms with Crippen molar-refractivity contribution in [2.75, 3.05) is 25.1 Å². The van der Waals surface area contributed by atoms with Crippen molar-refractivity contribution in [2.45, 2.75) is 30.7 Å². The summed E-state index contributed by atoms with van der Waals surface area (Å²) in [5.74, 6) is 4.96. The van der Waals surface area contributed by atoms with Crippen LogP contribution in [0.25, 0.3) is 0 Å². The highest BCUT2D eigenvalue weighted by atomic mass is 32.2. The van der Waals surface area contributed by atoms with Crippen LogP contribution in [0.3, 0.4) is 0 Å². The van der Waals surface area contributed by atoms with E-state index in [2.05, 4.69) is 21.9 Å². The maximum absolute atomic E-state index is 12.7. The van der Waals surface area contributed by atoms with Crippen LogP contribution in [0.1, 0.15) is 19.8 Å². The van der Waals surface area contributed by atoms with E-state index in [1.165, 1.54) is 34.6 Å². The van der Waals surface area contributed by atoms with Gasteiger partial charge in [0.15, 0.2) is 0 Å². The van der Waals surface area contributed by atoms with Crippen LogP contribution in [0.5, 0.6) is 5.75 Å². The molecule has 10 nitrogen and oxygen atoms in total. The van der Waals surface area contributed by atoms with E-state index in [0.717, 1.165) is 0 Å². The first-order valence-electron chi connectivity index (χ1n) is 10.4. The molecule has 0 aromatic heterocycles. The number of hydrogen-bond acceptors (Lipinski definition) is 6. The molecule has 3 amide bonds. The molecule has 34 heavy (non-hydrogen) atoms. The minimum atomic E-state index is -4.06. The van der Waals surface area contributed by atoms with Crippen LogP contribution in [-0.2, 0) is 14.8 Å². The average Bonchev–Trinajstić information content (AvgIpc) is 2.85. The SMILES string of the molecule is CC#CCOc1ccc(S(=O)(=O)NC(CCCNC(=O)N(C)c2ccccc2)C(=O)NO)cc1. The zero-order valence-electron chi connectivity index (χ0n) is 18.9. The molecular formula is C23H28N4O6S. The van der Waals surface area contributed by atoms with Crippen LogP contribution in [0.15, 0.2) is 59.5 Å². The minimum absolute atomic E-state index is 0.0395. The van der Waals surface area contributed by atoms with Gasteiger partial charge in [0.25, 0.3) is 5.91 Å². The normalized spacial score (nSPS) is 11.5. The summed E-state index contributed by atoms with van der Waals surface area (Å²) >= 11 is 0. The minimum Gasteiger partial charge on any atom is -0.481 e. The average molecular weight is 489 g/mol. The van der Waals surface area contributed by atoms with Gasteiger partial charge in [-0.3, -0.25) is 14.9 Å². The molecule has 182 valence electrons. The molecule has 0 spiro atoms. The lowest BCUT2D eigenvalue weighted by atomic mass is 10.1. The van der Waals surface area contributed by atoms with Crippen LogP contribution in [0, 0.1) is 11.8 Å². The fraction of sp³-hybridized carbons (Fsp3) is 0.304. The van der Waals surface area contributed by atoms with Gasteiger partial charge in [-0.15, -0.1) is 5.92 Å². The number of sulfonamides is 1. The maximum atomic E-state index is 12.7. The highest BCUT2D eigenvalue weighted by Gasteiger charge is 2.25. The van der Waals surface area contributed by atoms with Crippen molar-refractivity contribution >= 4 is 27.6 Å². The Balaban J connectivity index is 1.92. The number of hydrogen-bond donors (Lipinski definition) is 4. The van der Waals surface area contributed by atoms with Crippen molar-refractivity contribution in [2.24, 2.45) is 0 Å². The number of anilines is 1. The highest BCUT2D eigenvalue weighted by molar-refractivity contribution is 7.89. The van der Waals surface area contributed by atoms with Gasteiger partial charge in [0.1, 0.15) is 18.4 Å². The summed E-state index contributed by atoms with van der Waals surface area (Å²) in [7, 11) is -2.44. The molecule has 0 heterocycles. The van der Waals surface area contributed by atoms with Gasteiger partial charge in [0, 0.05) is 19.3 Å². The lowest BCUT2D eigenvalue weighted by Gasteiger charge is -2.19. The molecule has 0 fully saturated rings. The number of ether oxygens (including phenoxy) is 1. The van der Waals surface area contributed by atoms with Gasteiger partial charge in [-0.2, -0.15) is 4.72 Å². The molecule has 0 saturated carbocycles. The number of carbonyl (C=O) groups excluding carboxylic acids is 2. The van der Waals surface area contributed by atoms with E-state index in [1.54, 1.807) is 26.1 Å². The predicted octanol–water partition coefficient (Wildman–Crippen LogP) is 1.87. The van der Waals surface area contributed by atoms with Crippen LogP contribution in [-0.4, -0.2) is 51.8 Å². The van der Waals surface area contributed by atoms with E-state index in [0.29, 0.717) is 11.4 Å². The Morgan fingerprint density at radius 2 is 1.79 bits per heavy atom. The van der Waals surface area contributed by atoms with Crippen LogP contribution < -0.4 is 25.2 Å². The molecule has 1 unspecified atom stereocenters. The lowest BCUT2D eigenvalue weighted by molar-refractivity contribution is -0.131. The standard InChI is InChI=1S/C23H28N4O6S/c1-3-4-17-33-19-12-14-20(15-13-19)34(31,32)26-21(22(28)25-30)11-8-16-24-23(29)27(2)18-9-6-5-7-10-18/h5-7,9-10,12-15,21,26,30H,8,11,16-17H2,1-2H3,(H,24,29)(H,25,28). The number of carbonyl (C=O) groups is 2. The van der Waals surface area contributed by atoms with Crippen molar-refractivity contribution in [3.63, 3.8) is 0 Å². The van der Waals surface area contributed by atoms with Gasteiger partial charge in [0.05, 0.1) is 4.90 Å². The molecule has 2 rings (SSSR count). The molecule has 2 aromatic carbocycles. The van der Waals surface area contributed by atoms with Gasteiger partial charge in [-0.05, 0) is 56.2 Å². The first-order chi connectivity index (χ1) is 16.3. The largest absolute Gasteiger partial charge is 0.481 e. The second-order valence-electron chi connectivity index (χ2n) is 7.11. The second kappa shape index (κ2) is 13.2. The van der Waals surface area contributed by atoms with Crippen molar-refractivity contribution in [1.29, 1.82) is 0 Å². The Morgan fingerprint density at radius 3 is 2.41 bits per heavy atom. The summed E-state index contributed by atoms with van der Waals surface area (Å²) < 4.78 is 33.1. The Kier molecular flexibility index (Phi) is 10.3. The molecule has 0 saturated heterocycles. The number of hydroxylamine groups is 1. The quantitative estimate of drug-likeness (QED) is 0.165. The molecule has 0 aliphatic carbocycles. The number of nitrogens with one attached hydrogen (secondary N) is 3. The van der Waals surface area contributed by atoms with E-state index in [9.17, 15) is 18.0 Å². The van der Waals surface area contributed by atoms with Gasteiger partial charge in [-0.25, -0.2) is 18.7 Å². The summed E-state index contributed by atoms with van der Waals surface area (Å²) in [4.78, 5) is 25.7. The smallest absolute Gasteiger partial charge is 0.321 e. The number of para-hydroxylation sites is 1. The maximum Gasteiger partial charge on any atom is 0.321 e. The molecule has 0 radical (unpaired) electrons. The molecule has 2 aromatic rings. The van der Waals surface area contributed by atoms with Crippen molar-refractivity contribution in [3.8, 4) is 17.6 Å². The molecule has 0 aliphatic heterocycles. The Labute approximate surface area is 199 Å². The number of nitrogens with zero attached hydrogens (tertiary/aromatic N) is 1. The lowest BCUT2D eigenvalue weighted by Crippen LogP contribution is -2.46. The van der Waals surface area contributed by atoms with Gasteiger partial charge in [-0.1, -0.05) is 24.1 Å². The van der Waals surface area contributed by atoms with Crippen molar-refractivity contribution in [1.82, 2.24) is 15.5 Å². The number of urea groups is 1. The van der Waals surface area contributed by atoms with E-state index in [1.807, 2.05) is 18.2 Å². The Morgan fingerprint density at radius 1 is 1.12 bits per heavy atom. The van der Waals surface area contributed by atoms with Crippen LogP contribution >= 0.6 is 0 Å². The van der Waals surface area contributed by atoms with Gasteiger partial charge in [0.2, 0.25) is 10.0 Å². The van der Waals surface area contributed by atoms with Gasteiger partial charge < -0.3 is 10.1 Å². The van der Waals surface area contributed by atoms with E-state index < -0.39 is 22.0 Å². The van der Waals surface area contributed by atoms with E-state index >= 15 is 0 Å². The molecule has 0 bridgehead atoms. The topological polar surface area (TPSA) is 137 Å². The fourth-order valence-electron chi connectivity index (χ4n) is 2.87. The predicted molar refractivity (Wildman–Crippen MR) is 127 cm³/mol. The van der Waals surface area contributed by atoms with Gasteiger partial charge >= 0.3 is 6.03 Å². The number of benzene rings is 2. The molecular weight excluding hydrogens is 460 g/mol. The molecule has 11 heteroatoms. The summed E-state index contributed by atoms with van der Waals surface area (Å²) in [5.41, 5.74) is 2.18. The third-order valence-electron chi connectivity index (χ3n) is 4.74. The van der Waals surface area contributed by atoms with Crippen molar-refractivity contribution < 1.29 is 28.0 Å². The van der Waals surface area contributed by atoms with Crippen LogP contribution in [0.2, 0.25) is 0 Å². The molecule has 4 N–H and O–H groups in total. The first kappa shape index (κ1) is 26.7. The van der Waals surface area contributed by atoms with Crippen LogP contribution in [0.4, 0.5) is 10.5 Å². The van der Waals surface area contributed by atoms with E-state index in [-0.39, 0.29) is 36.9 Å². The summed E-state index contributed by atoms with van der Waals surface area (Å²) in [5, 5.41) is 11.7. The first-order valence-corrected chi connectivity index (χ1v) is 11.9. The number of amides is 3. The highest BCUT2D eigenvalue weighted by Crippen LogP contribution is 2.17. The zero-order chi connectivity index (χ0) is 25.0. The summed E-state index contributed by atoms with van der Waals surface area (Å²) in [6.45, 7) is 2.05. The molecule has 0 aliphatic rings. The second-order valence-corrected chi connectivity index (χ2v) is 8.82. The Bertz CT molecular complexity index is 1110. The zero-order valence-corrected chi connectivity index (χ0v) is 19.8. The summed E-state index contributed by atoms with van der Waals surface area (Å²) in [6.07, 6.45) is 0.318. The molecule has 1 atom stereocenters. The summed E-state index contributed by atoms with van der Waals surface area (Å²) in [6, 6.07) is 13.1. The van der Waals surface area contributed by atoms with E-state index in [4.69, 9.17) is 9.94 Å². The third kappa shape index (κ3) is 8.08. The van der Waals surface area contributed by atoms with Crippen molar-refractivity contribution in [3.05, 3.63) is 54.6 Å². The monoisotopic (exact) mass is 488 g/mol.